The first-order valence-electron chi connectivity index (χ1n) is 5.13. The molecule has 1 saturated heterocycles. The minimum Gasteiger partial charge on any atom is -0.386 e. The molecule has 1 aliphatic rings. The van der Waals surface area contributed by atoms with Crippen LogP contribution in [0.3, 0.4) is 0 Å². The van der Waals surface area contributed by atoms with Gasteiger partial charge in [0.05, 0.1) is 12.4 Å². The van der Waals surface area contributed by atoms with Gasteiger partial charge in [0.2, 0.25) is 5.88 Å². The van der Waals surface area contributed by atoms with Gasteiger partial charge in [0.1, 0.15) is 6.11 Å². The Labute approximate surface area is 111 Å². The third-order valence-electron chi connectivity index (χ3n) is 2.30. The molecule has 1 aliphatic heterocycles. The van der Waals surface area contributed by atoms with Gasteiger partial charge >= 0.3 is 0 Å². The third-order valence-corrected chi connectivity index (χ3v) is 4.34. The highest BCUT2D eigenvalue weighted by Gasteiger charge is 2.35. The van der Waals surface area contributed by atoms with E-state index in [0.29, 0.717) is 13.1 Å². The van der Waals surface area contributed by atoms with Crippen molar-refractivity contribution in [3.8, 4) is 17.9 Å². The van der Waals surface area contributed by atoms with Crippen molar-refractivity contribution in [1.29, 1.82) is 0 Å². The molecule has 0 atom stereocenters. The highest BCUT2D eigenvalue weighted by molar-refractivity contribution is 7.89. The molecule has 2 rings (SSSR count). The predicted molar refractivity (Wildman–Crippen MR) is 67.6 cm³/mol. The Morgan fingerprint density at radius 3 is 2.67 bits per heavy atom. The van der Waals surface area contributed by atoms with Crippen LogP contribution < -0.4 is 4.74 Å². The molecule has 0 spiro atoms. The van der Waals surface area contributed by atoms with Gasteiger partial charge in [0, 0.05) is 25.3 Å². The average Bonchev–Trinajstić information content (AvgIpc) is 2.33. The molecule has 6 nitrogen and oxygen atoms in total. The van der Waals surface area contributed by atoms with Gasteiger partial charge in [-0.2, -0.15) is 16.9 Å². The van der Waals surface area contributed by atoms with Crippen LogP contribution in [0.15, 0.2) is 17.4 Å². The second-order valence-corrected chi connectivity index (χ2v) is 6.24. The van der Waals surface area contributed by atoms with Gasteiger partial charge in [-0.1, -0.05) is 5.92 Å². The number of hydrogen-bond acceptors (Lipinski definition) is 6. The van der Waals surface area contributed by atoms with E-state index in [4.69, 9.17) is 4.74 Å². The molecule has 0 aromatic carbocycles. The standard InChI is InChI=1S/C10H11N3O3S2/c1-2-3-16-9-4-12-10(5-11-9)18(14,15)13-6-8(17)7-13/h4-5,8,17H,6-7H2,1H3. The van der Waals surface area contributed by atoms with Crippen LogP contribution in [0.5, 0.6) is 5.88 Å². The smallest absolute Gasteiger partial charge is 0.262 e. The van der Waals surface area contributed by atoms with Crippen molar-refractivity contribution in [2.75, 3.05) is 13.1 Å². The van der Waals surface area contributed by atoms with Gasteiger partial charge in [0.25, 0.3) is 10.0 Å². The fourth-order valence-electron chi connectivity index (χ4n) is 1.34. The van der Waals surface area contributed by atoms with Crippen molar-refractivity contribution in [2.24, 2.45) is 0 Å². The normalized spacial score (nSPS) is 16.6. The zero-order valence-electron chi connectivity index (χ0n) is 9.57. The third kappa shape index (κ3) is 2.58. The van der Waals surface area contributed by atoms with Crippen LogP contribution in [-0.4, -0.2) is 41.0 Å². The monoisotopic (exact) mass is 285 g/mol. The number of ether oxygens (including phenoxy) is 1. The number of nitrogens with zero attached hydrogens (tertiary/aromatic N) is 3. The number of sulfonamides is 1. The molecular weight excluding hydrogens is 274 g/mol. The summed E-state index contributed by atoms with van der Waals surface area (Å²) in [6, 6.07) is 0. The zero-order chi connectivity index (χ0) is 13.2. The largest absolute Gasteiger partial charge is 0.386 e. The molecule has 8 heteroatoms. The summed E-state index contributed by atoms with van der Waals surface area (Å²) in [4.78, 5) is 7.65. The molecule has 2 heterocycles. The van der Waals surface area contributed by atoms with E-state index in [1.807, 2.05) is 0 Å². The lowest BCUT2D eigenvalue weighted by Crippen LogP contribution is -2.51. The van der Waals surface area contributed by atoms with E-state index in [0.717, 1.165) is 6.20 Å². The summed E-state index contributed by atoms with van der Waals surface area (Å²) >= 11 is 4.17. The number of rotatable bonds is 3. The molecular formula is C10H11N3O3S2. The number of aromatic nitrogens is 2. The van der Waals surface area contributed by atoms with E-state index in [9.17, 15) is 8.42 Å². The van der Waals surface area contributed by atoms with Gasteiger partial charge in [-0.15, -0.1) is 0 Å². The first kappa shape index (κ1) is 13.1. The van der Waals surface area contributed by atoms with Gasteiger partial charge in [-0.25, -0.2) is 18.4 Å². The summed E-state index contributed by atoms with van der Waals surface area (Å²) in [5.41, 5.74) is 0. The zero-order valence-corrected chi connectivity index (χ0v) is 11.3. The highest BCUT2D eigenvalue weighted by Crippen LogP contribution is 2.22. The molecule has 0 N–H and O–H groups in total. The van der Waals surface area contributed by atoms with Crippen LogP contribution in [-0.2, 0) is 10.0 Å². The summed E-state index contributed by atoms with van der Waals surface area (Å²) in [7, 11) is -3.55. The molecule has 1 aromatic heterocycles. The summed E-state index contributed by atoms with van der Waals surface area (Å²) in [5.74, 6) is 2.69. The van der Waals surface area contributed by atoms with Crippen molar-refractivity contribution in [3.05, 3.63) is 12.4 Å². The van der Waals surface area contributed by atoms with Crippen molar-refractivity contribution in [1.82, 2.24) is 14.3 Å². The van der Waals surface area contributed by atoms with Crippen molar-refractivity contribution >= 4 is 22.7 Å². The summed E-state index contributed by atoms with van der Waals surface area (Å²) in [6.07, 6.45) is 4.74. The molecule has 0 saturated carbocycles. The van der Waals surface area contributed by atoms with Crippen LogP contribution in [0.2, 0.25) is 0 Å². The van der Waals surface area contributed by atoms with Gasteiger partial charge in [-0.3, -0.25) is 0 Å². The first-order chi connectivity index (χ1) is 8.54. The maximum Gasteiger partial charge on any atom is 0.262 e. The molecule has 0 unspecified atom stereocenters. The molecule has 0 bridgehead atoms. The van der Waals surface area contributed by atoms with Gasteiger partial charge in [0.15, 0.2) is 5.03 Å². The maximum absolute atomic E-state index is 12.0. The van der Waals surface area contributed by atoms with E-state index in [1.165, 1.54) is 10.5 Å². The second kappa shape index (κ2) is 5.14. The van der Waals surface area contributed by atoms with Gasteiger partial charge < -0.3 is 4.74 Å². The predicted octanol–water partition coefficient (Wildman–Crippen LogP) is 0.139. The molecule has 0 amide bonds. The Kier molecular flexibility index (Phi) is 3.75. The van der Waals surface area contributed by atoms with Crippen LogP contribution in [0.25, 0.3) is 0 Å². The number of thiol groups is 1. The maximum atomic E-state index is 12.0. The van der Waals surface area contributed by atoms with E-state index in [-0.39, 0.29) is 16.2 Å². The lowest BCUT2D eigenvalue weighted by Gasteiger charge is -2.34. The minimum atomic E-state index is -3.55. The van der Waals surface area contributed by atoms with E-state index in [1.54, 1.807) is 6.92 Å². The lowest BCUT2D eigenvalue weighted by molar-refractivity contribution is 0.320. The minimum absolute atomic E-state index is 0.0927. The fourth-order valence-corrected chi connectivity index (χ4v) is 3.34. The van der Waals surface area contributed by atoms with Crippen molar-refractivity contribution < 1.29 is 13.2 Å². The van der Waals surface area contributed by atoms with Crippen molar-refractivity contribution in [3.63, 3.8) is 0 Å². The second-order valence-electron chi connectivity index (χ2n) is 3.62. The quantitative estimate of drug-likeness (QED) is 0.632. The Hall–Kier alpha value is -1.30. The Balaban J connectivity index is 2.15. The lowest BCUT2D eigenvalue weighted by atomic mass is 10.3. The van der Waals surface area contributed by atoms with Crippen molar-refractivity contribution in [2.45, 2.75) is 17.2 Å². The van der Waals surface area contributed by atoms with Crippen LogP contribution in [0.1, 0.15) is 6.92 Å². The van der Waals surface area contributed by atoms with E-state index in [2.05, 4.69) is 34.6 Å². The Morgan fingerprint density at radius 1 is 1.44 bits per heavy atom. The molecule has 96 valence electrons. The fraction of sp³-hybridized carbons (Fsp3) is 0.400. The Morgan fingerprint density at radius 2 is 2.17 bits per heavy atom. The summed E-state index contributed by atoms with van der Waals surface area (Å²) < 4.78 is 30.2. The molecule has 1 fully saturated rings. The Bertz CT molecular complexity index is 583. The molecule has 0 aliphatic carbocycles. The average molecular weight is 285 g/mol. The summed E-state index contributed by atoms with van der Waals surface area (Å²) in [6.45, 7) is 2.41. The van der Waals surface area contributed by atoms with Crippen LogP contribution in [0, 0.1) is 12.0 Å². The SMILES string of the molecule is CC#COc1cnc(S(=O)(=O)N2CC(S)C2)cn1. The molecule has 0 radical (unpaired) electrons. The first-order valence-corrected chi connectivity index (χ1v) is 7.08. The number of hydrogen-bond donors (Lipinski definition) is 1. The molecule has 18 heavy (non-hydrogen) atoms. The van der Waals surface area contributed by atoms with E-state index >= 15 is 0 Å². The van der Waals surface area contributed by atoms with E-state index < -0.39 is 10.0 Å². The van der Waals surface area contributed by atoms with Crippen LogP contribution >= 0.6 is 12.6 Å². The van der Waals surface area contributed by atoms with Gasteiger partial charge in [-0.05, 0) is 0 Å². The van der Waals surface area contributed by atoms with Crippen LogP contribution in [0.4, 0.5) is 0 Å². The molecule has 1 aromatic rings. The highest BCUT2D eigenvalue weighted by atomic mass is 32.2. The topological polar surface area (TPSA) is 72.4 Å². The summed E-state index contributed by atoms with van der Waals surface area (Å²) in [5, 5.41) is -0.00490.